The summed E-state index contributed by atoms with van der Waals surface area (Å²) in [6.07, 6.45) is 1.72. The molecule has 0 unspecified atom stereocenters. The van der Waals surface area contributed by atoms with Crippen molar-refractivity contribution in [2.24, 2.45) is 0 Å². The Bertz CT molecular complexity index is 891. The highest BCUT2D eigenvalue weighted by molar-refractivity contribution is 7.08. The molecule has 0 radical (unpaired) electrons. The molecule has 0 aliphatic rings. The Morgan fingerprint density at radius 1 is 1.16 bits per heavy atom. The van der Waals surface area contributed by atoms with Crippen molar-refractivity contribution in [1.82, 2.24) is 19.6 Å². The molecular weight excluding hydrogens is 256 g/mol. The van der Waals surface area contributed by atoms with Crippen LogP contribution in [0.5, 0.6) is 0 Å². The van der Waals surface area contributed by atoms with E-state index in [1.54, 1.807) is 22.2 Å². The molecule has 3 heterocycles. The minimum atomic E-state index is 0.761. The number of para-hydroxylation sites is 1. The predicted molar refractivity (Wildman–Crippen MR) is 76.3 cm³/mol. The van der Waals surface area contributed by atoms with E-state index in [4.69, 9.17) is 0 Å². The molecule has 1 aromatic carbocycles. The zero-order chi connectivity index (χ0) is 12.8. The number of thiophene rings is 1. The van der Waals surface area contributed by atoms with Gasteiger partial charge in [0.05, 0.1) is 5.52 Å². The molecule has 4 nitrogen and oxygen atoms in total. The first-order valence-corrected chi connectivity index (χ1v) is 6.90. The molecule has 0 aliphatic heterocycles. The molecule has 0 amide bonds. The molecule has 5 heteroatoms. The first-order chi connectivity index (χ1) is 9.33. The highest BCUT2D eigenvalue weighted by Gasteiger charge is 2.11. The van der Waals surface area contributed by atoms with Crippen molar-refractivity contribution >= 4 is 27.9 Å². The summed E-state index contributed by atoms with van der Waals surface area (Å²) in [6.45, 7) is 2.08. The number of hydrogen-bond acceptors (Lipinski definition) is 4. The van der Waals surface area contributed by atoms with E-state index in [2.05, 4.69) is 32.8 Å². The lowest BCUT2D eigenvalue weighted by Gasteiger charge is -1.96. The van der Waals surface area contributed by atoms with E-state index in [9.17, 15) is 0 Å². The van der Waals surface area contributed by atoms with Crippen molar-refractivity contribution in [2.45, 2.75) is 6.92 Å². The van der Waals surface area contributed by atoms with E-state index in [1.807, 2.05) is 24.3 Å². The van der Waals surface area contributed by atoms with Crippen LogP contribution in [-0.4, -0.2) is 19.6 Å². The van der Waals surface area contributed by atoms with Crippen LogP contribution < -0.4 is 0 Å². The summed E-state index contributed by atoms with van der Waals surface area (Å²) in [5.74, 6) is 0.761. The molecule has 19 heavy (non-hydrogen) atoms. The standard InChI is InChI=1S/C14H10N4S/c1-9-6-19-7-11(9)13-16-14-10-4-2-3-5-12(10)15-8-18(14)17-13/h2-8H,1H3. The van der Waals surface area contributed by atoms with Crippen LogP contribution in [0.2, 0.25) is 0 Å². The maximum atomic E-state index is 4.66. The number of aromatic nitrogens is 4. The lowest BCUT2D eigenvalue weighted by Crippen LogP contribution is -1.90. The van der Waals surface area contributed by atoms with Crippen LogP contribution in [0.4, 0.5) is 0 Å². The molecule has 0 spiro atoms. The Kier molecular flexibility index (Phi) is 2.16. The zero-order valence-electron chi connectivity index (χ0n) is 10.2. The lowest BCUT2D eigenvalue weighted by molar-refractivity contribution is 0.938. The van der Waals surface area contributed by atoms with Crippen molar-refractivity contribution in [3.05, 3.63) is 46.9 Å². The Labute approximate surface area is 113 Å². The Hall–Kier alpha value is -2.27. The number of hydrogen-bond donors (Lipinski definition) is 0. The van der Waals surface area contributed by atoms with Gasteiger partial charge in [0.2, 0.25) is 0 Å². The van der Waals surface area contributed by atoms with Crippen LogP contribution in [0.15, 0.2) is 41.4 Å². The van der Waals surface area contributed by atoms with Gasteiger partial charge in [-0.2, -0.15) is 11.3 Å². The first kappa shape index (κ1) is 10.6. The molecule has 0 fully saturated rings. The molecule has 0 aliphatic carbocycles. The van der Waals surface area contributed by atoms with Gasteiger partial charge in [0.15, 0.2) is 11.5 Å². The molecule has 0 saturated heterocycles. The summed E-state index contributed by atoms with van der Waals surface area (Å²) in [6, 6.07) is 7.98. The van der Waals surface area contributed by atoms with E-state index in [0.717, 1.165) is 27.9 Å². The third kappa shape index (κ3) is 1.55. The summed E-state index contributed by atoms with van der Waals surface area (Å²) < 4.78 is 1.74. The second-order valence-corrected chi connectivity index (χ2v) is 5.18. The molecule has 0 bridgehead atoms. The molecule has 3 aromatic heterocycles. The second-order valence-electron chi connectivity index (χ2n) is 4.43. The normalized spacial score (nSPS) is 11.4. The predicted octanol–water partition coefficient (Wildman–Crippen LogP) is 3.31. The summed E-state index contributed by atoms with van der Waals surface area (Å²) in [7, 11) is 0. The fraction of sp³-hybridized carbons (Fsp3) is 0.0714. The number of benzene rings is 1. The molecule has 0 saturated carbocycles. The number of nitrogens with zero attached hydrogens (tertiary/aromatic N) is 4. The number of fused-ring (bicyclic) bond motifs is 3. The SMILES string of the molecule is Cc1cscc1-c1nc2c3ccccc3ncn2n1. The minimum Gasteiger partial charge on any atom is -0.236 e. The van der Waals surface area contributed by atoms with Gasteiger partial charge < -0.3 is 0 Å². The van der Waals surface area contributed by atoms with Gasteiger partial charge in [-0.15, -0.1) is 5.10 Å². The molecule has 92 valence electrons. The van der Waals surface area contributed by atoms with Crippen LogP contribution in [0, 0.1) is 6.92 Å². The summed E-state index contributed by atoms with van der Waals surface area (Å²) >= 11 is 1.67. The average Bonchev–Trinajstić information content (AvgIpc) is 3.04. The van der Waals surface area contributed by atoms with Gasteiger partial charge in [-0.3, -0.25) is 0 Å². The smallest absolute Gasteiger partial charge is 0.183 e. The molecule has 4 rings (SSSR count). The second kappa shape index (κ2) is 3.86. The van der Waals surface area contributed by atoms with E-state index in [-0.39, 0.29) is 0 Å². The fourth-order valence-electron chi connectivity index (χ4n) is 2.18. The number of aryl methyl sites for hydroxylation is 1. The van der Waals surface area contributed by atoms with Crippen LogP contribution in [-0.2, 0) is 0 Å². The maximum absolute atomic E-state index is 4.66. The summed E-state index contributed by atoms with van der Waals surface area (Å²) in [5, 5.41) is 9.73. The van der Waals surface area contributed by atoms with E-state index < -0.39 is 0 Å². The lowest BCUT2D eigenvalue weighted by atomic mass is 10.2. The fourth-order valence-corrected chi connectivity index (χ4v) is 3.01. The van der Waals surface area contributed by atoms with Crippen molar-refractivity contribution in [1.29, 1.82) is 0 Å². The van der Waals surface area contributed by atoms with Crippen LogP contribution in [0.25, 0.3) is 27.9 Å². The Morgan fingerprint density at radius 2 is 2.05 bits per heavy atom. The third-order valence-corrected chi connectivity index (χ3v) is 4.04. The third-order valence-electron chi connectivity index (χ3n) is 3.18. The molecular formula is C14H10N4S. The first-order valence-electron chi connectivity index (χ1n) is 5.96. The average molecular weight is 266 g/mol. The summed E-state index contributed by atoms with van der Waals surface area (Å²) in [4.78, 5) is 9.05. The van der Waals surface area contributed by atoms with Crippen LogP contribution >= 0.6 is 11.3 Å². The van der Waals surface area contributed by atoms with Gasteiger partial charge in [-0.05, 0) is 30.0 Å². The van der Waals surface area contributed by atoms with Crippen molar-refractivity contribution in [2.75, 3.05) is 0 Å². The quantitative estimate of drug-likeness (QED) is 0.531. The minimum absolute atomic E-state index is 0.761. The highest BCUT2D eigenvalue weighted by atomic mass is 32.1. The Balaban J connectivity index is 2.06. The van der Waals surface area contributed by atoms with Gasteiger partial charge in [0, 0.05) is 16.3 Å². The number of rotatable bonds is 1. The molecule has 4 aromatic rings. The highest BCUT2D eigenvalue weighted by Crippen LogP contribution is 2.25. The van der Waals surface area contributed by atoms with E-state index in [1.165, 1.54) is 5.56 Å². The Morgan fingerprint density at radius 3 is 2.89 bits per heavy atom. The van der Waals surface area contributed by atoms with Gasteiger partial charge in [0.25, 0.3) is 0 Å². The van der Waals surface area contributed by atoms with Gasteiger partial charge in [-0.1, -0.05) is 12.1 Å². The van der Waals surface area contributed by atoms with Crippen molar-refractivity contribution in [3.8, 4) is 11.4 Å². The largest absolute Gasteiger partial charge is 0.236 e. The summed E-state index contributed by atoms with van der Waals surface area (Å²) in [5.41, 5.74) is 4.10. The van der Waals surface area contributed by atoms with Crippen LogP contribution in [0.1, 0.15) is 5.56 Å². The molecule has 0 atom stereocenters. The van der Waals surface area contributed by atoms with E-state index >= 15 is 0 Å². The zero-order valence-corrected chi connectivity index (χ0v) is 11.1. The van der Waals surface area contributed by atoms with Crippen molar-refractivity contribution in [3.63, 3.8) is 0 Å². The van der Waals surface area contributed by atoms with Crippen molar-refractivity contribution < 1.29 is 0 Å². The van der Waals surface area contributed by atoms with Crippen LogP contribution in [0.3, 0.4) is 0 Å². The van der Waals surface area contributed by atoms with Gasteiger partial charge >= 0.3 is 0 Å². The van der Waals surface area contributed by atoms with Gasteiger partial charge in [-0.25, -0.2) is 14.5 Å². The molecule has 0 N–H and O–H groups in total. The monoisotopic (exact) mass is 266 g/mol. The van der Waals surface area contributed by atoms with Gasteiger partial charge in [0.1, 0.15) is 6.33 Å². The topological polar surface area (TPSA) is 43.1 Å². The van der Waals surface area contributed by atoms with E-state index in [0.29, 0.717) is 0 Å². The maximum Gasteiger partial charge on any atom is 0.183 e.